The molecule has 0 aliphatic heterocycles. The average Bonchev–Trinajstić information content (AvgIpc) is 2.44. The zero-order valence-corrected chi connectivity index (χ0v) is 10.9. The van der Waals surface area contributed by atoms with Crippen molar-refractivity contribution in [2.45, 2.75) is 39.3 Å². The Morgan fingerprint density at radius 2 is 2.25 bits per heavy atom. The van der Waals surface area contributed by atoms with Crippen LogP contribution in [-0.4, -0.2) is 34.3 Å². The van der Waals surface area contributed by atoms with E-state index in [1.165, 1.54) is 5.56 Å². The highest BCUT2D eigenvalue weighted by atomic mass is 15.3. The monoisotopic (exact) mass is 224 g/mol. The van der Waals surface area contributed by atoms with Crippen LogP contribution in [0.3, 0.4) is 0 Å². The fraction of sp³-hybridized carbons (Fsp3) is 0.750. The first-order chi connectivity index (χ1) is 7.52. The van der Waals surface area contributed by atoms with Crippen molar-refractivity contribution in [1.82, 2.24) is 14.7 Å². The molecule has 4 nitrogen and oxygen atoms in total. The Balaban J connectivity index is 2.45. The molecule has 1 heterocycles. The Labute approximate surface area is 98.4 Å². The van der Waals surface area contributed by atoms with Crippen molar-refractivity contribution >= 4 is 0 Å². The van der Waals surface area contributed by atoms with Crippen molar-refractivity contribution in [1.29, 1.82) is 0 Å². The summed E-state index contributed by atoms with van der Waals surface area (Å²) in [5.41, 5.74) is 8.42. The SMILES string of the molecule is CCCC(N)CN(C)Cc1cn(C)nc1C. The Hall–Kier alpha value is -0.870. The van der Waals surface area contributed by atoms with Crippen molar-refractivity contribution in [2.24, 2.45) is 12.8 Å². The third kappa shape index (κ3) is 3.94. The summed E-state index contributed by atoms with van der Waals surface area (Å²) in [6, 6.07) is 0.284. The molecule has 0 bridgehead atoms. The number of hydrogen-bond donors (Lipinski definition) is 1. The lowest BCUT2D eigenvalue weighted by atomic mass is 10.1. The maximum Gasteiger partial charge on any atom is 0.0638 e. The highest BCUT2D eigenvalue weighted by Crippen LogP contribution is 2.08. The van der Waals surface area contributed by atoms with Gasteiger partial charge in [-0.3, -0.25) is 4.68 Å². The van der Waals surface area contributed by atoms with Crippen LogP contribution in [0, 0.1) is 6.92 Å². The third-order valence-electron chi connectivity index (χ3n) is 2.76. The molecule has 0 aromatic carbocycles. The van der Waals surface area contributed by atoms with Crippen LogP contribution >= 0.6 is 0 Å². The first-order valence-corrected chi connectivity index (χ1v) is 5.96. The minimum Gasteiger partial charge on any atom is -0.327 e. The van der Waals surface area contributed by atoms with Gasteiger partial charge in [0.15, 0.2) is 0 Å². The minimum atomic E-state index is 0.284. The van der Waals surface area contributed by atoms with E-state index in [9.17, 15) is 0 Å². The van der Waals surface area contributed by atoms with Gasteiger partial charge in [0.25, 0.3) is 0 Å². The molecule has 1 rings (SSSR count). The van der Waals surface area contributed by atoms with Gasteiger partial charge in [-0.15, -0.1) is 0 Å². The van der Waals surface area contributed by atoms with Gasteiger partial charge < -0.3 is 10.6 Å². The van der Waals surface area contributed by atoms with Crippen molar-refractivity contribution in [3.05, 3.63) is 17.5 Å². The van der Waals surface area contributed by atoms with Crippen LogP contribution in [0.4, 0.5) is 0 Å². The summed E-state index contributed by atoms with van der Waals surface area (Å²) in [5.74, 6) is 0. The fourth-order valence-electron chi connectivity index (χ4n) is 2.02. The van der Waals surface area contributed by atoms with Gasteiger partial charge in [-0.1, -0.05) is 13.3 Å². The van der Waals surface area contributed by atoms with Crippen molar-refractivity contribution in [3.63, 3.8) is 0 Å². The van der Waals surface area contributed by atoms with Gasteiger partial charge in [-0.25, -0.2) is 0 Å². The second-order valence-corrected chi connectivity index (χ2v) is 4.66. The van der Waals surface area contributed by atoms with Crippen LogP contribution in [0.2, 0.25) is 0 Å². The lowest BCUT2D eigenvalue weighted by molar-refractivity contribution is 0.296. The van der Waals surface area contributed by atoms with Crippen LogP contribution in [-0.2, 0) is 13.6 Å². The summed E-state index contributed by atoms with van der Waals surface area (Å²) in [6.07, 6.45) is 4.33. The van der Waals surface area contributed by atoms with Gasteiger partial charge in [-0.05, 0) is 20.4 Å². The van der Waals surface area contributed by atoms with E-state index in [2.05, 4.69) is 37.1 Å². The van der Waals surface area contributed by atoms with Gasteiger partial charge >= 0.3 is 0 Å². The summed E-state index contributed by atoms with van der Waals surface area (Å²) in [4.78, 5) is 2.27. The Kier molecular flexibility index (Phi) is 4.96. The number of nitrogens with zero attached hydrogens (tertiary/aromatic N) is 3. The molecule has 0 fully saturated rings. The quantitative estimate of drug-likeness (QED) is 0.792. The van der Waals surface area contributed by atoms with E-state index < -0.39 is 0 Å². The largest absolute Gasteiger partial charge is 0.327 e. The highest BCUT2D eigenvalue weighted by Gasteiger charge is 2.09. The van der Waals surface area contributed by atoms with Crippen molar-refractivity contribution < 1.29 is 0 Å². The summed E-state index contributed by atoms with van der Waals surface area (Å²) in [7, 11) is 4.07. The average molecular weight is 224 g/mol. The van der Waals surface area contributed by atoms with Gasteiger partial charge in [0.1, 0.15) is 0 Å². The standard InChI is InChI=1S/C12H24N4/c1-5-6-12(13)9-15(3)7-11-8-16(4)14-10(11)2/h8,12H,5-7,9,13H2,1-4H3. The first kappa shape index (κ1) is 13.2. The summed E-state index contributed by atoms with van der Waals surface area (Å²) in [6.45, 7) is 6.10. The third-order valence-corrected chi connectivity index (χ3v) is 2.76. The molecule has 2 N–H and O–H groups in total. The maximum absolute atomic E-state index is 6.02. The molecule has 0 aliphatic carbocycles. The lowest BCUT2D eigenvalue weighted by Crippen LogP contribution is -2.34. The van der Waals surface area contributed by atoms with E-state index in [0.29, 0.717) is 0 Å². The van der Waals surface area contributed by atoms with E-state index in [1.807, 2.05) is 11.7 Å². The minimum absolute atomic E-state index is 0.284. The molecular weight excluding hydrogens is 200 g/mol. The van der Waals surface area contributed by atoms with Crippen LogP contribution < -0.4 is 5.73 Å². The smallest absolute Gasteiger partial charge is 0.0638 e. The number of nitrogens with two attached hydrogens (primary N) is 1. The molecule has 0 amide bonds. The second-order valence-electron chi connectivity index (χ2n) is 4.66. The van der Waals surface area contributed by atoms with Crippen LogP contribution in [0.1, 0.15) is 31.0 Å². The molecule has 92 valence electrons. The molecule has 1 atom stereocenters. The summed E-state index contributed by atoms with van der Waals surface area (Å²) >= 11 is 0. The zero-order chi connectivity index (χ0) is 12.1. The molecule has 0 saturated carbocycles. The summed E-state index contributed by atoms with van der Waals surface area (Å²) in [5, 5.41) is 4.34. The normalized spacial score (nSPS) is 13.4. The van der Waals surface area contributed by atoms with Gasteiger partial charge in [0.2, 0.25) is 0 Å². The van der Waals surface area contributed by atoms with Crippen molar-refractivity contribution in [3.8, 4) is 0 Å². The highest BCUT2D eigenvalue weighted by molar-refractivity contribution is 5.14. The Morgan fingerprint density at radius 3 is 2.75 bits per heavy atom. The summed E-state index contributed by atoms with van der Waals surface area (Å²) < 4.78 is 1.87. The number of aryl methyl sites for hydroxylation is 2. The molecule has 0 radical (unpaired) electrons. The van der Waals surface area contributed by atoms with Gasteiger partial charge in [0, 0.05) is 37.9 Å². The van der Waals surface area contributed by atoms with Gasteiger partial charge in [0.05, 0.1) is 5.69 Å². The van der Waals surface area contributed by atoms with Gasteiger partial charge in [-0.2, -0.15) is 5.10 Å². The molecule has 4 heteroatoms. The lowest BCUT2D eigenvalue weighted by Gasteiger charge is -2.20. The number of aromatic nitrogens is 2. The first-order valence-electron chi connectivity index (χ1n) is 5.96. The van der Waals surface area contributed by atoms with E-state index in [1.54, 1.807) is 0 Å². The second kappa shape index (κ2) is 6.01. The van der Waals surface area contributed by atoms with Crippen LogP contribution in [0.15, 0.2) is 6.20 Å². The number of hydrogen-bond acceptors (Lipinski definition) is 3. The molecule has 1 aromatic heterocycles. The van der Waals surface area contributed by atoms with E-state index in [-0.39, 0.29) is 6.04 Å². The molecular formula is C12H24N4. The molecule has 0 spiro atoms. The maximum atomic E-state index is 6.02. The van der Waals surface area contributed by atoms with Crippen LogP contribution in [0.25, 0.3) is 0 Å². The molecule has 0 aliphatic rings. The van der Waals surface area contributed by atoms with E-state index in [4.69, 9.17) is 5.73 Å². The molecule has 0 saturated heterocycles. The van der Waals surface area contributed by atoms with E-state index >= 15 is 0 Å². The number of rotatable bonds is 6. The Bertz CT molecular complexity index is 319. The Morgan fingerprint density at radius 1 is 1.56 bits per heavy atom. The van der Waals surface area contributed by atoms with Crippen LogP contribution in [0.5, 0.6) is 0 Å². The van der Waals surface area contributed by atoms with Crippen molar-refractivity contribution in [2.75, 3.05) is 13.6 Å². The molecule has 1 aromatic rings. The topological polar surface area (TPSA) is 47.1 Å². The predicted octanol–water partition coefficient (Wildman–Crippen LogP) is 1.29. The zero-order valence-electron chi connectivity index (χ0n) is 10.9. The molecule has 1 unspecified atom stereocenters. The number of likely N-dealkylation sites (N-methyl/N-ethyl adjacent to an activating group) is 1. The van der Waals surface area contributed by atoms with E-state index in [0.717, 1.165) is 31.6 Å². The predicted molar refractivity (Wildman–Crippen MR) is 67.2 cm³/mol. The molecule has 16 heavy (non-hydrogen) atoms. The fourth-order valence-corrected chi connectivity index (χ4v) is 2.02.